The smallest absolute Gasteiger partial charge is 0.243 e. The van der Waals surface area contributed by atoms with Crippen molar-refractivity contribution in [1.29, 1.82) is 0 Å². The normalized spacial score (nSPS) is 11.6. The van der Waals surface area contributed by atoms with Gasteiger partial charge in [-0.25, -0.2) is 4.39 Å². The first-order chi connectivity index (χ1) is 16.0. The standard InChI is InChI=1S/C26H26ClFN2O3/c27-22-10-6-20(7-11-22)17-25(32)30(18-21-8-12-23(28)13-9-21)24(26(33)29-14-15-31)16-19-4-2-1-3-5-19/h1-13,24,31H,14-18H2,(H,29,33)/t24-/m1/s1. The third kappa shape index (κ3) is 7.41. The quantitative estimate of drug-likeness (QED) is 0.476. The summed E-state index contributed by atoms with van der Waals surface area (Å²) in [5.74, 6) is -0.986. The fourth-order valence-corrected chi connectivity index (χ4v) is 3.64. The van der Waals surface area contributed by atoms with Crippen molar-refractivity contribution in [1.82, 2.24) is 10.2 Å². The number of nitrogens with one attached hydrogen (secondary N) is 1. The zero-order chi connectivity index (χ0) is 23.6. The largest absolute Gasteiger partial charge is 0.395 e. The van der Waals surface area contributed by atoms with E-state index in [0.29, 0.717) is 17.0 Å². The molecule has 0 aromatic heterocycles. The molecule has 33 heavy (non-hydrogen) atoms. The van der Waals surface area contributed by atoms with E-state index in [1.54, 1.807) is 36.4 Å². The van der Waals surface area contributed by atoms with Gasteiger partial charge in [0.25, 0.3) is 0 Å². The number of aliphatic hydroxyl groups excluding tert-OH is 1. The number of rotatable bonds is 10. The van der Waals surface area contributed by atoms with Crippen LogP contribution in [0, 0.1) is 5.82 Å². The van der Waals surface area contributed by atoms with Crippen LogP contribution in [0.4, 0.5) is 4.39 Å². The monoisotopic (exact) mass is 468 g/mol. The highest BCUT2D eigenvalue weighted by Gasteiger charge is 2.30. The first-order valence-electron chi connectivity index (χ1n) is 10.7. The minimum Gasteiger partial charge on any atom is -0.395 e. The summed E-state index contributed by atoms with van der Waals surface area (Å²) in [6, 6.07) is 21.4. The average molecular weight is 469 g/mol. The van der Waals surface area contributed by atoms with Gasteiger partial charge in [-0.3, -0.25) is 9.59 Å². The Morgan fingerprint density at radius 3 is 2.18 bits per heavy atom. The van der Waals surface area contributed by atoms with E-state index in [0.717, 1.165) is 11.1 Å². The van der Waals surface area contributed by atoms with Gasteiger partial charge in [-0.2, -0.15) is 0 Å². The minimum atomic E-state index is -0.816. The van der Waals surface area contributed by atoms with Crippen LogP contribution in [0.3, 0.4) is 0 Å². The maximum absolute atomic E-state index is 13.5. The molecule has 0 bridgehead atoms. The molecule has 2 N–H and O–H groups in total. The number of benzene rings is 3. The molecule has 0 saturated carbocycles. The summed E-state index contributed by atoms with van der Waals surface area (Å²) in [6.07, 6.45) is 0.378. The molecule has 2 amide bonds. The molecule has 1 atom stereocenters. The van der Waals surface area contributed by atoms with Gasteiger partial charge in [0.05, 0.1) is 13.0 Å². The Kier molecular flexibility index (Phi) is 8.98. The third-order valence-corrected chi connectivity index (χ3v) is 5.47. The summed E-state index contributed by atoms with van der Waals surface area (Å²) < 4.78 is 13.4. The zero-order valence-electron chi connectivity index (χ0n) is 18.1. The van der Waals surface area contributed by atoms with Crippen LogP contribution in [-0.2, 0) is 29.0 Å². The van der Waals surface area contributed by atoms with Crippen molar-refractivity contribution in [2.75, 3.05) is 13.2 Å². The summed E-state index contributed by atoms with van der Waals surface area (Å²) in [6.45, 7) is 0.0110. The predicted molar refractivity (Wildman–Crippen MR) is 126 cm³/mol. The Bertz CT molecular complexity index is 1040. The minimum absolute atomic E-state index is 0.0803. The summed E-state index contributed by atoms with van der Waals surface area (Å²) in [7, 11) is 0. The van der Waals surface area contributed by atoms with E-state index in [1.807, 2.05) is 30.3 Å². The fraction of sp³-hybridized carbons (Fsp3) is 0.231. The number of halogens is 2. The van der Waals surface area contributed by atoms with Gasteiger partial charge >= 0.3 is 0 Å². The molecule has 172 valence electrons. The van der Waals surface area contributed by atoms with Gasteiger partial charge in [-0.1, -0.05) is 66.2 Å². The molecule has 0 aliphatic heterocycles. The molecule has 7 heteroatoms. The Morgan fingerprint density at radius 1 is 0.909 bits per heavy atom. The molecule has 5 nitrogen and oxygen atoms in total. The van der Waals surface area contributed by atoms with E-state index in [4.69, 9.17) is 11.6 Å². The van der Waals surface area contributed by atoms with Gasteiger partial charge in [0.1, 0.15) is 11.9 Å². The number of amides is 2. The van der Waals surface area contributed by atoms with Crippen molar-refractivity contribution in [2.45, 2.75) is 25.4 Å². The van der Waals surface area contributed by atoms with Gasteiger partial charge in [0.2, 0.25) is 11.8 Å². The van der Waals surface area contributed by atoms with Crippen LogP contribution in [-0.4, -0.2) is 41.0 Å². The van der Waals surface area contributed by atoms with Gasteiger partial charge in [-0.15, -0.1) is 0 Å². The second-order valence-electron chi connectivity index (χ2n) is 7.67. The van der Waals surface area contributed by atoms with E-state index in [2.05, 4.69) is 5.32 Å². The van der Waals surface area contributed by atoms with E-state index in [-0.39, 0.29) is 43.7 Å². The van der Waals surface area contributed by atoms with Crippen LogP contribution < -0.4 is 5.32 Å². The predicted octanol–water partition coefficient (Wildman–Crippen LogP) is 3.77. The second kappa shape index (κ2) is 12.1. The highest BCUT2D eigenvalue weighted by atomic mass is 35.5. The van der Waals surface area contributed by atoms with E-state index in [1.165, 1.54) is 17.0 Å². The number of hydrogen-bond donors (Lipinski definition) is 2. The van der Waals surface area contributed by atoms with Gasteiger partial charge < -0.3 is 15.3 Å². The van der Waals surface area contributed by atoms with Crippen LogP contribution in [0.1, 0.15) is 16.7 Å². The molecule has 3 rings (SSSR count). The number of carbonyl (C=O) groups is 2. The van der Waals surface area contributed by atoms with Gasteiger partial charge in [-0.05, 0) is 41.0 Å². The third-order valence-electron chi connectivity index (χ3n) is 5.22. The van der Waals surface area contributed by atoms with Crippen LogP contribution in [0.15, 0.2) is 78.9 Å². The van der Waals surface area contributed by atoms with Gasteiger partial charge in [0.15, 0.2) is 0 Å². The lowest BCUT2D eigenvalue weighted by Gasteiger charge is -2.31. The lowest BCUT2D eigenvalue weighted by Crippen LogP contribution is -2.51. The van der Waals surface area contributed by atoms with E-state index in [9.17, 15) is 19.1 Å². The summed E-state index contributed by atoms with van der Waals surface area (Å²) >= 11 is 5.96. The summed E-state index contributed by atoms with van der Waals surface area (Å²) in [5.41, 5.74) is 2.36. The summed E-state index contributed by atoms with van der Waals surface area (Å²) in [5, 5.41) is 12.4. The lowest BCUT2D eigenvalue weighted by molar-refractivity contribution is -0.140. The number of hydrogen-bond acceptors (Lipinski definition) is 3. The molecule has 0 aliphatic carbocycles. The maximum atomic E-state index is 13.5. The Balaban J connectivity index is 1.93. The molecule has 3 aromatic rings. The highest BCUT2D eigenvalue weighted by Crippen LogP contribution is 2.18. The molecule has 0 spiro atoms. The molecule has 0 radical (unpaired) electrons. The molecule has 0 fully saturated rings. The number of nitrogens with zero attached hydrogens (tertiary/aromatic N) is 1. The van der Waals surface area contributed by atoms with Crippen LogP contribution >= 0.6 is 11.6 Å². The van der Waals surface area contributed by atoms with E-state index >= 15 is 0 Å². The molecular weight excluding hydrogens is 443 g/mol. The second-order valence-corrected chi connectivity index (χ2v) is 8.11. The summed E-state index contributed by atoms with van der Waals surface area (Å²) in [4.78, 5) is 28.1. The molecule has 0 saturated heterocycles. The molecular formula is C26H26ClFN2O3. The average Bonchev–Trinajstić information content (AvgIpc) is 2.83. The van der Waals surface area contributed by atoms with Crippen LogP contribution in [0.25, 0.3) is 0 Å². The van der Waals surface area contributed by atoms with Crippen molar-refractivity contribution in [3.05, 3.63) is 106 Å². The number of aliphatic hydroxyl groups is 1. The molecule has 0 aliphatic rings. The van der Waals surface area contributed by atoms with Crippen molar-refractivity contribution < 1.29 is 19.1 Å². The first-order valence-corrected chi connectivity index (χ1v) is 11.0. The molecule has 3 aromatic carbocycles. The molecule has 0 heterocycles. The van der Waals surface area contributed by atoms with Gasteiger partial charge in [0, 0.05) is 24.5 Å². The van der Waals surface area contributed by atoms with Crippen molar-refractivity contribution in [3.8, 4) is 0 Å². The van der Waals surface area contributed by atoms with Crippen molar-refractivity contribution in [2.24, 2.45) is 0 Å². The van der Waals surface area contributed by atoms with Crippen LogP contribution in [0.5, 0.6) is 0 Å². The Morgan fingerprint density at radius 2 is 1.55 bits per heavy atom. The van der Waals surface area contributed by atoms with E-state index < -0.39 is 6.04 Å². The van der Waals surface area contributed by atoms with Crippen LogP contribution in [0.2, 0.25) is 5.02 Å². The maximum Gasteiger partial charge on any atom is 0.243 e. The molecule has 0 unspecified atom stereocenters. The topological polar surface area (TPSA) is 69.6 Å². The van der Waals surface area contributed by atoms with Crippen molar-refractivity contribution >= 4 is 23.4 Å². The highest BCUT2D eigenvalue weighted by molar-refractivity contribution is 6.30. The SMILES string of the molecule is O=C(NCCO)[C@@H](Cc1ccccc1)N(Cc1ccc(F)cc1)C(=O)Cc1ccc(Cl)cc1. The first kappa shape index (κ1) is 24.4. The Hall–Kier alpha value is -3.22. The fourth-order valence-electron chi connectivity index (χ4n) is 3.52. The zero-order valence-corrected chi connectivity index (χ0v) is 18.8. The number of carbonyl (C=O) groups excluding carboxylic acids is 2. The van der Waals surface area contributed by atoms with Crippen molar-refractivity contribution in [3.63, 3.8) is 0 Å². The Labute approximate surface area is 197 Å². The lowest BCUT2D eigenvalue weighted by atomic mass is 10.0.